The highest BCUT2D eigenvalue weighted by molar-refractivity contribution is 14.1. The molecule has 0 unspecified atom stereocenters. The summed E-state index contributed by atoms with van der Waals surface area (Å²) in [4.78, 5) is 0. The summed E-state index contributed by atoms with van der Waals surface area (Å²) in [7, 11) is 0. The number of H-pyrrole nitrogens is 1. The number of halogens is 4. The highest BCUT2D eigenvalue weighted by Gasteiger charge is 2.32. The van der Waals surface area contributed by atoms with Gasteiger partial charge in [0.2, 0.25) is 0 Å². The Morgan fingerprint density at radius 2 is 1.82 bits per heavy atom. The number of nitrogens with zero attached hydrogens (tertiary/aromatic N) is 1. The topological polar surface area (TPSA) is 28.7 Å². The molecule has 0 radical (unpaired) electrons. The minimum Gasteiger partial charge on any atom is -0.275 e. The third-order valence-electron chi connectivity index (χ3n) is 2.29. The summed E-state index contributed by atoms with van der Waals surface area (Å²) < 4.78 is 39.9. The molecule has 0 aliphatic heterocycles. The Balaban J connectivity index is 2.59. The largest absolute Gasteiger partial charge is 0.287 e. The van der Waals surface area contributed by atoms with Gasteiger partial charge in [-0.15, -0.1) is 0 Å². The Morgan fingerprint density at radius 1 is 1.24 bits per heavy atom. The predicted octanol–water partition coefficient (Wildman–Crippen LogP) is 3.93. The van der Waals surface area contributed by atoms with Gasteiger partial charge in [0.25, 0.3) is 5.92 Å². The molecule has 0 aliphatic carbocycles. The van der Waals surface area contributed by atoms with Crippen molar-refractivity contribution in [2.24, 2.45) is 0 Å². The van der Waals surface area contributed by atoms with E-state index >= 15 is 0 Å². The Morgan fingerprint density at radius 3 is 2.35 bits per heavy atom. The van der Waals surface area contributed by atoms with Gasteiger partial charge in [-0.1, -0.05) is 12.1 Å². The molecule has 0 amide bonds. The van der Waals surface area contributed by atoms with Crippen molar-refractivity contribution in [3.63, 3.8) is 0 Å². The van der Waals surface area contributed by atoms with Crippen LogP contribution >= 0.6 is 22.6 Å². The molecule has 0 saturated heterocycles. The van der Waals surface area contributed by atoms with Crippen molar-refractivity contribution in [3.05, 3.63) is 39.5 Å². The van der Waals surface area contributed by atoms with Crippen molar-refractivity contribution in [2.45, 2.75) is 12.8 Å². The van der Waals surface area contributed by atoms with Crippen molar-refractivity contribution < 1.29 is 13.2 Å². The molecule has 0 atom stereocenters. The minimum absolute atomic E-state index is 0.256. The van der Waals surface area contributed by atoms with Gasteiger partial charge in [0.1, 0.15) is 15.2 Å². The first-order valence-corrected chi connectivity index (χ1v) is 5.85. The van der Waals surface area contributed by atoms with E-state index in [1.165, 1.54) is 24.3 Å². The molecule has 17 heavy (non-hydrogen) atoms. The zero-order valence-electron chi connectivity index (χ0n) is 8.77. The van der Waals surface area contributed by atoms with Crippen molar-refractivity contribution in [3.8, 4) is 11.1 Å². The summed E-state index contributed by atoms with van der Waals surface area (Å²) in [5, 5.41) is 6.10. The summed E-state index contributed by atoms with van der Waals surface area (Å²) >= 11 is 1.86. The van der Waals surface area contributed by atoms with E-state index in [1.807, 2.05) is 22.6 Å². The van der Waals surface area contributed by atoms with Crippen molar-refractivity contribution in [2.75, 3.05) is 0 Å². The number of aromatic nitrogens is 2. The van der Waals surface area contributed by atoms with Crippen LogP contribution in [0.2, 0.25) is 0 Å². The van der Waals surface area contributed by atoms with E-state index in [9.17, 15) is 13.2 Å². The molecule has 0 spiro atoms. The van der Waals surface area contributed by atoms with Crippen LogP contribution in [0.15, 0.2) is 24.3 Å². The van der Waals surface area contributed by atoms with Crippen LogP contribution < -0.4 is 0 Å². The van der Waals surface area contributed by atoms with Crippen LogP contribution in [-0.2, 0) is 5.92 Å². The number of rotatable bonds is 2. The average molecular weight is 352 g/mol. The Kier molecular flexibility index (Phi) is 3.15. The molecule has 1 heterocycles. The Labute approximate surface area is 109 Å². The number of aromatic amines is 1. The lowest BCUT2D eigenvalue weighted by Crippen LogP contribution is -2.09. The van der Waals surface area contributed by atoms with E-state index in [0.717, 1.165) is 6.92 Å². The first-order valence-electron chi connectivity index (χ1n) is 4.77. The molecular formula is C11H8F3IN2. The second-order valence-corrected chi connectivity index (χ2v) is 4.68. The van der Waals surface area contributed by atoms with Crippen LogP contribution in [-0.4, -0.2) is 10.2 Å². The molecule has 1 aromatic heterocycles. The summed E-state index contributed by atoms with van der Waals surface area (Å²) in [6.45, 7) is 0.795. The second-order valence-electron chi connectivity index (χ2n) is 3.66. The average Bonchev–Trinajstić information content (AvgIpc) is 2.61. The van der Waals surface area contributed by atoms with E-state index in [2.05, 4.69) is 10.2 Å². The van der Waals surface area contributed by atoms with E-state index < -0.39 is 11.7 Å². The molecule has 1 aromatic carbocycles. The summed E-state index contributed by atoms with van der Waals surface area (Å²) in [6, 6.07) is 5.38. The fourth-order valence-electron chi connectivity index (χ4n) is 1.52. The van der Waals surface area contributed by atoms with Crippen molar-refractivity contribution >= 4 is 22.6 Å². The number of hydrogen-bond acceptors (Lipinski definition) is 1. The quantitative estimate of drug-likeness (QED) is 0.816. The molecule has 2 nitrogen and oxygen atoms in total. The van der Waals surface area contributed by atoms with Crippen LogP contribution in [0.5, 0.6) is 0 Å². The van der Waals surface area contributed by atoms with Crippen molar-refractivity contribution in [1.82, 2.24) is 10.2 Å². The van der Waals surface area contributed by atoms with Crippen LogP contribution in [0.25, 0.3) is 11.1 Å². The minimum atomic E-state index is -3.01. The first-order chi connectivity index (χ1) is 7.89. The summed E-state index contributed by atoms with van der Waals surface area (Å²) in [5.74, 6) is -3.42. The lowest BCUT2D eigenvalue weighted by Gasteiger charge is -2.10. The Bertz CT molecular complexity index is 529. The molecule has 0 aliphatic rings. The lowest BCUT2D eigenvalue weighted by atomic mass is 10.0. The number of nitrogens with one attached hydrogen (secondary N) is 1. The van der Waals surface area contributed by atoms with Gasteiger partial charge in [0, 0.05) is 12.5 Å². The lowest BCUT2D eigenvalue weighted by molar-refractivity contribution is 0.0133. The fraction of sp³-hybridized carbons (Fsp3) is 0.182. The Hall–Kier alpha value is -1.05. The first kappa shape index (κ1) is 12.4. The highest BCUT2D eigenvalue weighted by Crippen LogP contribution is 2.36. The third-order valence-corrected chi connectivity index (χ3v) is 3.07. The van der Waals surface area contributed by atoms with Gasteiger partial charge in [-0.25, -0.2) is 4.39 Å². The summed E-state index contributed by atoms with van der Waals surface area (Å²) in [5.41, 5.74) is 0.577. The van der Waals surface area contributed by atoms with E-state index in [-0.39, 0.29) is 5.69 Å². The fourth-order valence-corrected chi connectivity index (χ4v) is 2.22. The van der Waals surface area contributed by atoms with Gasteiger partial charge < -0.3 is 0 Å². The molecular weight excluding hydrogens is 344 g/mol. The molecule has 90 valence electrons. The second kappa shape index (κ2) is 4.32. The third kappa shape index (κ3) is 2.46. The van der Waals surface area contributed by atoms with Gasteiger partial charge in [0.15, 0.2) is 0 Å². The maximum absolute atomic E-state index is 13.3. The number of hydrogen-bond donors (Lipinski definition) is 1. The van der Waals surface area contributed by atoms with Crippen LogP contribution in [0, 0.1) is 9.52 Å². The maximum atomic E-state index is 13.3. The molecule has 0 saturated carbocycles. The van der Waals surface area contributed by atoms with Gasteiger partial charge >= 0.3 is 0 Å². The SMILES string of the molecule is CC(F)(F)c1[nH]nc(I)c1-c1ccc(F)cc1. The number of benzene rings is 1. The standard InChI is InChI=1S/C11H8F3IN2/c1-11(13,14)9-8(10(15)17-16-9)6-2-4-7(12)5-3-6/h2-5H,1H3,(H,16,17). The van der Waals surface area contributed by atoms with E-state index in [0.29, 0.717) is 14.8 Å². The number of alkyl halides is 2. The van der Waals surface area contributed by atoms with Crippen LogP contribution in [0.1, 0.15) is 12.6 Å². The van der Waals surface area contributed by atoms with Gasteiger partial charge in [0.05, 0.1) is 0 Å². The van der Waals surface area contributed by atoms with E-state index in [1.54, 1.807) is 0 Å². The highest BCUT2D eigenvalue weighted by atomic mass is 127. The summed E-state index contributed by atoms with van der Waals surface area (Å²) in [6.07, 6.45) is 0. The van der Waals surface area contributed by atoms with Gasteiger partial charge in [-0.2, -0.15) is 13.9 Å². The monoisotopic (exact) mass is 352 g/mol. The molecule has 6 heteroatoms. The molecule has 0 fully saturated rings. The normalized spacial score (nSPS) is 11.8. The molecule has 2 aromatic rings. The predicted molar refractivity (Wildman–Crippen MR) is 66.3 cm³/mol. The molecule has 2 rings (SSSR count). The van der Waals surface area contributed by atoms with Gasteiger partial charge in [-0.3, -0.25) is 5.10 Å². The zero-order valence-corrected chi connectivity index (χ0v) is 10.9. The molecule has 0 bridgehead atoms. The van der Waals surface area contributed by atoms with Crippen LogP contribution in [0.3, 0.4) is 0 Å². The molecule has 1 N–H and O–H groups in total. The van der Waals surface area contributed by atoms with Crippen LogP contribution in [0.4, 0.5) is 13.2 Å². The zero-order chi connectivity index (χ0) is 12.6. The van der Waals surface area contributed by atoms with Gasteiger partial charge in [-0.05, 0) is 40.3 Å². The maximum Gasteiger partial charge on any atom is 0.287 e. The smallest absolute Gasteiger partial charge is 0.275 e. The van der Waals surface area contributed by atoms with E-state index in [4.69, 9.17) is 0 Å². The van der Waals surface area contributed by atoms with Crippen molar-refractivity contribution in [1.29, 1.82) is 0 Å².